The lowest BCUT2D eigenvalue weighted by atomic mass is 9.98. The van der Waals surface area contributed by atoms with E-state index in [1.165, 1.54) is 32.2 Å². The van der Waals surface area contributed by atoms with Crippen molar-refractivity contribution >= 4 is 17.5 Å². The summed E-state index contributed by atoms with van der Waals surface area (Å²) in [6, 6.07) is 0.499. The van der Waals surface area contributed by atoms with Crippen LogP contribution in [0.4, 0.5) is 0 Å². The lowest BCUT2D eigenvalue weighted by Crippen LogP contribution is -2.43. The summed E-state index contributed by atoms with van der Waals surface area (Å²) in [5.41, 5.74) is 0. The zero-order valence-corrected chi connectivity index (χ0v) is 10.7. The van der Waals surface area contributed by atoms with Crippen molar-refractivity contribution in [1.29, 1.82) is 0 Å². The number of nitrogens with zero attached hydrogens (tertiary/aromatic N) is 2. The van der Waals surface area contributed by atoms with Crippen LogP contribution in [0.25, 0.3) is 0 Å². The van der Waals surface area contributed by atoms with Crippen molar-refractivity contribution in [3.8, 4) is 0 Å². The number of amides is 1. The number of alkyl halides is 1. The molecule has 0 aromatic rings. The fourth-order valence-corrected chi connectivity index (χ4v) is 2.77. The lowest BCUT2D eigenvalue weighted by Gasteiger charge is -2.33. The number of hydrogen-bond acceptors (Lipinski definition) is 2. The molecule has 92 valence electrons. The van der Waals surface area contributed by atoms with E-state index in [1.807, 2.05) is 4.90 Å². The molecule has 1 heterocycles. The number of rotatable bonds is 4. The third kappa shape index (κ3) is 3.11. The van der Waals surface area contributed by atoms with Gasteiger partial charge in [0.05, 0.1) is 0 Å². The van der Waals surface area contributed by atoms with Gasteiger partial charge >= 0.3 is 0 Å². The van der Waals surface area contributed by atoms with Gasteiger partial charge in [0.1, 0.15) is 5.88 Å². The highest BCUT2D eigenvalue weighted by Crippen LogP contribution is 2.29. The van der Waals surface area contributed by atoms with Crippen LogP contribution in [-0.2, 0) is 4.79 Å². The Hall–Kier alpha value is -0.280. The smallest absolute Gasteiger partial charge is 0.237 e. The Morgan fingerprint density at radius 2 is 2.19 bits per heavy atom. The van der Waals surface area contributed by atoms with Gasteiger partial charge in [-0.05, 0) is 45.2 Å². The normalized spacial score (nSPS) is 26.8. The van der Waals surface area contributed by atoms with Crippen LogP contribution in [0.1, 0.15) is 25.7 Å². The quantitative estimate of drug-likeness (QED) is 0.701. The molecule has 0 spiro atoms. The maximum absolute atomic E-state index is 11.7. The minimum absolute atomic E-state index is 0.123. The summed E-state index contributed by atoms with van der Waals surface area (Å²) in [7, 11) is 2.16. The molecule has 1 amide bonds. The van der Waals surface area contributed by atoms with Crippen LogP contribution in [0.3, 0.4) is 0 Å². The van der Waals surface area contributed by atoms with E-state index in [0.717, 1.165) is 13.1 Å². The molecular weight excluding hydrogens is 224 g/mol. The number of carbonyl (C=O) groups is 1. The molecule has 0 N–H and O–H groups in total. The Labute approximate surface area is 103 Å². The highest BCUT2D eigenvalue weighted by Gasteiger charge is 2.34. The predicted molar refractivity (Wildman–Crippen MR) is 65.7 cm³/mol. The van der Waals surface area contributed by atoms with Gasteiger partial charge in [-0.1, -0.05) is 0 Å². The fraction of sp³-hybridized carbons (Fsp3) is 0.917. The van der Waals surface area contributed by atoms with E-state index in [0.29, 0.717) is 12.0 Å². The minimum Gasteiger partial charge on any atom is -0.338 e. The Morgan fingerprint density at radius 3 is 2.75 bits per heavy atom. The van der Waals surface area contributed by atoms with E-state index in [9.17, 15) is 4.79 Å². The number of likely N-dealkylation sites (tertiary alicyclic amines) is 1. The van der Waals surface area contributed by atoms with Gasteiger partial charge in [0, 0.05) is 19.1 Å². The van der Waals surface area contributed by atoms with E-state index >= 15 is 0 Å². The van der Waals surface area contributed by atoms with E-state index < -0.39 is 0 Å². The molecule has 16 heavy (non-hydrogen) atoms. The second-order valence-electron chi connectivity index (χ2n) is 5.18. The first kappa shape index (κ1) is 12.2. The van der Waals surface area contributed by atoms with Gasteiger partial charge in [-0.15, -0.1) is 11.6 Å². The van der Waals surface area contributed by atoms with Crippen LogP contribution in [0.15, 0.2) is 0 Å². The van der Waals surface area contributed by atoms with Crippen molar-refractivity contribution in [3.63, 3.8) is 0 Å². The number of piperidine rings is 1. The molecule has 4 heteroatoms. The van der Waals surface area contributed by atoms with Crippen LogP contribution >= 0.6 is 11.6 Å². The topological polar surface area (TPSA) is 23.6 Å². The minimum atomic E-state index is 0.123. The Bertz CT molecular complexity index is 255. The second kappa shape index (κ2) is 5.37. The van der Waals surface area contributed by atoms with Crippen LogP contribution in [0.5, 0.6) is 0 Å². The first-order valence-electron chi connectivity index (χ1n) is 6.24. The van der Waals surface area contributed by atoms with E-state index in [-0.39, 0.29) is 11.8 Å². The molecule has 1 atom stereocenters. The van der Waals surface area contributed by atoms with Gasteiger partial charge < -0.3 is 9.80 Å². The van der Waals surface area contributed by atoms with Crippen LogP contribution < -0.4 is 0 Å². The number of hydrogen-bond donors (Lipinski definition) is 0. The first-order chi connectivity index (χ1) is 7.70. The molecule has 1 aliphatic carbocycles. The maximum Gasteiger partial charge on any atom is 0.237 e. The number of halogens is 1. The van der Waals surface area contributed by atoms with E-state index in [2.05, 4.69) is 11.9 Å². The molecule has 2 fully saturated rings. The van der Waals surface area contributed by atoms with Crippen LogP contribution in [0.2, 0.25) is 0 Å². The summed E-state index contributed by atoms with van der Waals surface area (Å²) >= 11 is 5.66. The standard InChI is InChI=1S/C12H21ClN2O/c1-14-6-2-3-10(8-14)9-15(11-4-5-11)12(16)7-13/h10-11H,2-9H2,1H3/t10-/m0/s1. The molecular formula is C12H21ClN2O. The monoisotopic (exact) mass is 244 g/mol. The van der Waals surface area contributed by atoms with E-state index in [1.54, 1.807) is 0 Å². The molecule has 0 aromatic carbocycles. The summed E-state index contributed by atoms with van der Waals surface area (Å²) < 4.78 is 0. The predicted octanol–water partition coefficient (Wildman–Crippen LogP) is 1.56. The summed E-state index contributed by atoms with van der Waals surface area (Å²) in [6.45, 7) is 3.24. The summed E-state index contributed by atoms with van der Waals surface area (Å²) in [6.07, 6.45) is 4.86. The molecule has 2 aliphatic rings. The molecule has 1 saturated heterocycles. The highest BCUT2D eigenvalue weighted by atomic mass is 35.5. The zero-order valence-electron chi connectivity index (χ0n) is 9.99. The molecule has 0 bridgehead atoms. The Morgan fingerprint density at radius 1 is 1.44 bits per heavy atom. The lowest BCUT2D eigenvalue weighted by molar-refractivity contribution is -0.130. The summed E-state index contributed by atoms with van der Waals surface area (Å²) in [5, 5.41) is 0. The fourth-order valence-electron chi connectivity index (χ4n) is 2.62. The van der Waals surface area contributed by atoms with Gasteiger partial charge in [-0.2, -0.15) is 0 Å². The van der Waals surface area contributed by atoms with Crippen LogP contribution in [0, 0.1) is 5.92 Å². The highest BCUT2D eigenvalue weighted by molar-refractivity contribution is 6.27. The van der Waals surface area contributed by atoms with Crippen molar-refractivity contribution in [1.82, 2.24) is 9.80 Å². The van der Waals surface area contributed by atoms with Crippen molar-refractivity contribution in [2.45, 2.75) is 31.7 Å². The molecule has 1 aliphatic heterocycles. The maximum atomic E-state index is 11.7. The van der Waals surface area contributed by atoms with Gasteiger partial charge in [0.25, 0.3) is 0 Å². The van der Waals surface area contributed by atoms with Gasteiger partial charge in [0.15, 0.2) is 0 Å². The van der Waals surface area contributed by atoms with Crippen LogP contribution in [-0.4, -0.2) is 54.3 Å². The van der Waals surface area contributed by atoms with Crippen molar-refractivity contribution in [2.75, 3.05) is 32.6 Å². The molecule has 0 aromatic heterocycles. The third-order valence-electron chi connectivity index (χ3n) is 3.60. The molecule has 3 nitrogen and oxygen atoms in total. The SMILES string of the molecule is CN1CCC[C@H](CN(C(=O)CCl)C2CC2)C1. The summed E-state index contributed by atoms with van der Waals surface area (Å²) in [4.78, 5) is 16.1. The largest absolute Gasteiger partial charge is 0.338 e. The Kier molecular flexibility index (Phi) is 4.09. The van der Waals surface area contributed by atoms with Gasteiger partial charge in [0.2, 0.25) is 5.91 Å². The van der Waals surface area contributed by atoms with Crippen molar-refractivity contribution in [3.05, 3.63) is 0 Å². The second-order valence-corrected chi connectivity index (χ2v) is 5.45. The first-order valence-corrected chi connectivity index (χ1v) is 6.78. The van der Waals surface area contributed by atoms with Crippen molar-refractivity contribution < 1.29 is 4.79 Å². The molecule has 2 rings (SSSR count). The zero-order chi connectivity index (χ0) is 11.5. The number of carbonyl (C=O) groups excluding carboxylic acids is 1. The summed E-state index contributed by atoms with van der Waals surface area (Å²) in [5.74, 6) is 0.905. The third-order valence-corrected chi connectivity index (χ3v) is 3.83. The van der Waals surface area contributed by atoms with Crippen molar-refractivity contribution in [2.24, 2.45) is 5.92 Å². The average Bonchev–Trinajstić information content (AvgIpc) is 3.09. The Balaban J connectivity index is 1.87. The van der Waals surface area contributed by atoms with E-state index in [4.69, 9.17) is 11.6 Å². The molecule has 1 saturated carbocycles. The molecule has 0 radical (unpaired) electrons. The van der Waals surface area contributed by atoms with Gasteiger partial charge in [-0.25, -0.2) is 0 Å². The van der Waals surface area contributed by atoms with Gasteiger partial charge in [-0.3, -0.25) is 4.79 Å². The average molecular weight is 245 g/mol. The molecule has 0 unspecified atom stereocenters.